The van der Waals surface area contributed by atoms with Gasteiger partial charge < -0.3 is 10.2 Å². The summed E-state index contributed by atoms with van der Waals surface area (Å²) in [5, 5.41) is 3.57. The molecule has 1 heterocycles. The fourth-order valence-electron chi connectivity index (χ4n) is 2.91. The average Bonchev–Trinajstić information content (AvgIpc) is 2.40. The molecule has 114 valence electrons. The summed E-state index contributed by atoms with van der Waals surface area (Å²) in [5.41, 5.74) is 0. The highest BCUT2D eigenvalue weighted by Gasteiger charge is 2.27. The first kappa shape index (κ1) is 16.9. The van der Waals surface area contributed by atoms with E-state index in [0.717, 1.165) is 32.6 Å². The largest absolute Gasteiger partial charge is 0.314 e. The Bertz CT molecular complexity index is 343. The first-order valence-electron chi connectivity index (χ1n) is 7.68. The molecule has 0 aromatic rings. The van der Waals surface area contributed by atoms with Gasteiger partial charge in [-0.15, -0.1) is 0 Å². The molecule has 2 unspecified atom stereocenters. The Morgan fingerprint density at radius 1 is 1.26 bits per heavy atom. The first-order chi connectivity index (χ1) is 9.02. The Labute approximate surface area is 118 Å². The average molecular weight is 290 g/mol. The van der Waals surface area contributed by atoms with Gasteiger partial charge in [-0.25, -0.2) is 8.42 Å². The summed E-state index contributed by atoms with van der Waals surface area (Å²) in [6.45, 7) is 10.3. The third kappa shape index (κ3) is 5.79. The van der Waals surface area contributed by atoms with Crippen LogP contribution in [0.15, 0.2) is 0 Å². The van der Waals surface area contributed by atoms with Crippen LogP contribution in [0.2, 0.25) is 0 Å². The molecule has 5 heteroatoms. The SMILES string of the molecule is CCNC1CCN(CCCS(=O)(=O)CC)CC1CC. The number of rotatable bonds is 8. The Hall–Kier alpha value is -0.130. The van der Waals surface area contributed by atoms with Crippen LogP contribution in [0.4, 0.5) is 0 Å². The molecule has 0 aliphatic carbocycles. The van der Waals surface area contributed by atoms with Gasteiger partial charge in [0.1, 0.15) is 9.84 Å². The molecule has 0 amide bonds. The van der Waals surface area contributed by atoms with E-state index in [9.17, 15) is 8.42 Å². The number of sulfone groups is 1. The van der Waals surface area contributed by atoms with Crippen molar-refractivity contribution in [1.82, 2.24) is 10.2 Å². The molecule has 1 aliphatic heterocycles. The zero-order valence-corrected chi connectivity index (χ0v) is 13.5. The highest BCUT2D eigenvalue weighted by molar-refractivity contribution is 7.91. The number of piperidine rings is 1. The van der Waals surface area contributed by atoms with E-state index < -0.39 is 9.84 Å². The fourth-order valence-corrected chi connectivity index (χ4v) is 3.77. The van der Waals surface area contributed by atoms with Gasteiger partial charge in [-0.1, -0.05) is 27.2 Å². The molecule has 0 saturated carbocycles. The van der Waals surface area contributed by atoms with E-state index in [0.29, 0.717) is 17.7 Å². The number of likely N-dealkylation sites (tertiary alicyclic amines) is 1. The van der Waals surface area contributed by atoms with Gasteiger partial charge in [0, 0.05) is 18.3 Å². The monoisotopic (exact) mass is 290 g/mol. The maximum Gasteiger partial charge on any atom is 0.150 e. The minimum atomic E-state index is -2.80. The van der Waals surface area contributed by atoms with Gasteiger partial charge in [0.15, 0.2) is 0 Å². The van der Waals surface area contributed by atoms with Crippen LogP contribution in [-0.2, 0) is 9.84 Å². The number of nitrogens with one attached hydrogen (secondary N) is 1. The summed E-state index contributed by atoms with van der Waals surface area (Å²) in [6.07, 6.45) is 3.16. The molecule has 0 aromatic heterocycles. The highest BCUT2D eigenvalue weighted by Crippen LogP contribution is 2.20. The molecule has 0 spiro atoms. The Morgan fingerprint density at radius 2 is 2.00 bits per heavy atom. The van der Waals surface area contributed by atoms with Crippen LogP contribution in [0.5, 0.6) is 0 Å². The third-order valence-electron chi connectivity index (χ3n) is 4.18. The van der Waals surface area contributed by atoms with Crippen molar-refractivity contribution >= 4 is 9.84 Å². The van der Waals surface area contributed by atoms with Crippen LogP contribution >= 0.6 is 0 Å². The molecule has 0 aromatic carbocycles. The van der Waals surface area contributed by atoms with Crippen molar-refractivity contribution < 1.29 is 8.42 Å². The lowest BCUT2D eigenvalue weighted by molar-refractivity contribution is 0.136. The van der Waals surface area contributed by atoms with Crippen molar-refractivity contribution in [2.24, 2.45) is 5.92 Å². The van der Waals surface area contributed by atoms with Gasteiger partial charge in [-0.2, -0.15) is 0 Å². The molecule has 0 bridgehead atoms. The standard InChI is InChI=1S/C14H30N2O2S/c1-4-13-12-16(10-8-14(13)15-5-2)9-7-11-19(17,18)6-3/h13-15H,4-12H2,1-3H3. The molecule has 0 radical (unpaired) electrons. The molecule has 2 atom stereocenters. The molecular weight excluding hydrogens is 260 g/mol. The van der Waals surface area contributed by atoms with Crippen molar-refractivity contribution in [3.8, 4) is 0 Å². The van der Waals surface area contributed by atoms with E-state index in [-0.39, 0.29) is 5.75 Å². The van der Waals surface area contributed by atoms with E-state index >= 15 is 0 Å². The van der Waals surface area contributed by atoms with Gasteiger partial charge >= 0.3 is 0 Å². The Kier molecular flexibility index (Phi) is 7.32. The predicted octanol–water partition coefficient (Wildman–Crippen LogP) is 1.52. The second-order valence-electron chi connectivity index (χ2n) is 5.51. The van der Waals surface area contributed by atoms with Crippen LogP contribution in [0.3, 0.4) is 0 Å². The normalized spacial score (nSPS) is 25.6. The van der Waals surface area contributed by atoms with Gasteiger partial charge in [-0.3, -0.25) is 0 Å². The zero-order valence-electron chi connectivity index (χ0n) is 12.7. The number of hydrogen-bond donors (Lipinski definition) is 1. The molecule has 1 fully saturated rings. The first-order valence-corrected chi connectivity index (χ1v) is 9.50. The summed E-state index contributed by atoms with van der Waals surface area (Å²) < 4.78 is 22.9. The second-order valence-corrected chi connectivity index (χ2v) is 7.98. The molecule has 1 saturated heterocycles. The van der Waals surface area contributed by atoms with Crippen LogP contribution in [0, 0.1) is 5.92 Å². The predicted molar refractivity (Wildman–Crippen MR) is 81.2 cm³/mol. The van der Waals surface area contributed by atoms with Gasteiger partial charge in [0.25, 0.3) is 0 Å². The lowest BCUT2D eigenvalue weighted by atomic mass is 9.90. The van der Waals surface area contributed by atoms with E-state index in [1.54, 1.807) is 6.92 Å². The Balaban J connectivity index is 2.33. The van der Waals surface area contributed by atoms with E-state index in [1.165, 1.54) is 12.8 Å². The third-order valence-corrected chi connectivity index (χ3v) is 5.97. The minimum absolute atomic E-state index is 0.271. The van der Waals surface area contributed by atoms with E-state index in [2.05, 4.69) is 24.1 Å². The minimum Gasteiger partial charge on any atom is -0.314 e. The Morgan fingerprint density at radius 3 is 2.58 bits per heavy atom. The van der Waals surface area contributed by atoms with Gasteiger partial charge in [0.05, 0.1) is 5.75 Å². The highest BCUT2D eigenvalue weighted by atomic mass is 32.2. The van der Waals surface area contributed by atoms with Crippen molar-refractivity contribution in [3.63, 3.8) is 0 Å². The quantitative estimate of drug-likeness (QED) is 0.736. The van der Waals surface area contributed by atoms with Gasteiger partial charge in [0.2, 0.25) is 0 Å². The maximum atomic E-state index is 11.5. The van der Waals surface area contributed by atoms with Crippen molar-refractivity contribution in [2.45, 2.75) is 46.1 Å². The summed E-state index contributed by atoms with van der Waals surface area (Å²) in [6, 6.07) is 0.644. The van der Waals surface area contributed by atoms with E-state index in [4.69, 9.17) is 0 Å². The van der Waals surface area contributed by atoms with Crippen LogP contribution in [0.25, 0.3) is 0 Å². The fraction of sp³-hybridized carbons (Fsp3) is 1.00. The molecule has 1 rings (SSSR count). The smallest absolute Gasteiger partial charge is 0.150 e. The molecule has 4 nitrogen and oxygen atoms in total. The summed E-state index contributed by atoms with van der Waals surface area (Å²) in [7, 11) is -2.80. The number of hydrogen-bond acceptors (Lipinski definition) is 4. The van der Waals surface area contributed by atoms with Gasteiger partial charge in [-0.05, 0) is 38.4 Å². The molecule has 1 aliphatic rings. The van der Waals surface area contributed by atoms with Crippen LogP contribution in [-0.4, -0.2) is 57.0 Å². The number of nitrogens with zero attached hydrogens (tertiary/aromatic N) is 1. The van der Waals surface area contributed by atoms with Crippen molar-refractivity contribution in [2.75, 3.05) is 37.7 Å². The van der Waals surface area contributed by atoms with E-state index in [1.807, 2.05) is 0 Å². The molecule has 1 N–H and O–H groups in total. The summed E-state index contributed by atoms with van der Waals surface area (Å²) in [4.78, 5) is 2.44. The van der Waals surface area contributed by atoms with Crippen LogP contribution in [0.1, 0.15) is 40.0 Å². The molecular formula is C14H30N2O2S. The van der Waals surface area contributed by atoms with Crippen LogP contribution < -0.4 is 5.32 Å². The zero-order chi connectivity index (χ0) is 14.3. The second kappa shape index (κ2) is 8.22. The van der Waals surface area contributed by atoms with Crippen molar-refractivity contribution in [1.29, 1.82) is 0 Å². The maximum absolute atomic E-state index is 11.5. The summed E-state index contributed by atoms with van der Waals surface area (Å²) in [5.74, 6) is 1.32. The summed E-state index contributed by atoms with van der Waals surface area (Å²) >= 11 is 0. The topological polar surface area (TPSA) is 49.4 Å². The van der Waals surface area contributed by atoms with Crippen molar-refractivity contribution in [3.05, 3.63) is 0 Å². The molecule has 19 heavy (non-hydrogen) atoms. The lowest BCUT2D eigenvalue weighted by Crippen LogP contribution is -2.49. The lowest BCUT2D eigenvalue weighted by Gasteiger charge is -2.38.